The van der Waals surface area contributed by atoms with Crippen LogP contribution in [-0.4, -0.2) is 10.1 Å². The van der Waals surface area contributed by atoms with Crippen LogP contribution >= 0.6 is 27.3 Å². The van der Waals surface area contributed by atoms with Gasteiger partial charge >= 0.3 is 0 Å². The smallest absolute Gasteiger partial charge is 0.0923 e. The van der Waals surface area contributed by atoms with E-state index in [9.17, 15) is 5.11 Å². The number of halogens is 1. The van der Waals surface area contributed by atoms with E-state index in [0.717, 1.165) is 14.2 Å². The van der Waals surface area contributed by atoms with Crippen molar-refractivity contribution >= 4 is 33.0 Å². The van der Waals surface area contributed by atoms with Crippen molar-refractivity contribution in [2.45, 2.75) is 12.5 Å². The number of nitrogens with zero attached hydrogens (tertiary/aromatic N) is 1. The summed E-state index contributed by atoms with van der Waals surface area (Å²) in [5, 5.41) is 10.0. The summed E-state index contributed by atoms with van der Waals surface area (Å²) in [4.78, 5) is 4.93. The Morgan fingerprint density at radius 3 is 2.88 bits per heavy atom. The molecule has 0 saturated carbocycles. The average Bonchev–Trinajstić information content (AvgIpc) is 2.68. The molecule has 0 bridgehead atoms. The predicted octanol–water partition coefficient (Wildman–Crippen LogP) is 2.76. The van der Waals surface area contributed by atoms with Gasteiger partial charge in [0.15, 0.2) is 0 Å². The second-order valence-electron chi connectivity index (χ2n) is 3.44. The number of nitrogen functional groups attached to an aromatic ring is 1. The Labute approximate surface area is 106 Å². The molecule has 2 heterocycles. The molecule has 84 valence electrons. The van der Waals surface area contributed by atoms with Crippen molar-refractivity contribution in [2.75, 3.05) is 5.73 Å². The zero-order chi connectivity index (χ0) is 11.5. The lowest BCUT2D eigenvalue weighted by Gasteiger charge is -2.09. The van der Waals surface area contributed by atoms with Gasteiger partial charge < -0.3 is 10.8 Å². The van der Waals surface area contributed by atoms with Crippen LogP contribution in [0.4, 0.5) is 5.69 Å². The van der Waals surface area contributed by atoms with Crippen molar-refractivity contribution in [1.82, 2.24) is 4.98 Å². The normalized spacial score (nSPS) is 12.6. The van der Waals surface area contributed by atoms with Gasteiger partial charge in [0.05, 0.1) is 9.89 Å². The Balaban J connectivity index is 2.13. The highest BCUT2D eigenvalue weighted by Gasteiger charge is 2.12. The summed E-state index contributed by atoms with van der Waals surface area (Å²) < 4.78 is 1.01. The van der Waals surface area contributed by atoms with Gasteiger partial charge in [-0.25, -0.2) is 0 Å². The SMILES string of the molecule is Nc1ccncc1CC(O)c1ccc(Br)s1. The van der Waals surface area contributed by atoms with Crippen molar-refractivity contribution in [1.29, 1.82) is 0 Å². The van der Waals surface area contributed by atoms with Crippen LogP contribution in [0.2, 0.25) is 0 Å². The molecule has 16 heavy (non-hydrogen) atoms. The second kappa shape index (κ2) is 4.95. The number of aromatic nitrogens is 1. The first-order valence-corrected chi connectivity index (χ1v) is 6.39. The molecule has 1 atom stereocenters. The van der Waals surface area contributed by atoms with Crippen LogP contribution in [-0.2, 0) is 6.42 Å². The molecule has 0 aromatic carbocycles. The van der Waals surface area contributed by atoms with Gasteiger partial charge in [-0.2, -0.15) is 0 Å². The second-order valence-corrected chi connectivity index (χ2v) is 5.93. The third kappa shape index (κ3) is 2.61. The Morgan fingerprint density at radius 2 is 2.25 bits per heavy atom. The van der Waals surface area contributed by atoms with E-state index in [1.807, 2.05) is 12.1 Å². The molecule has 0 aliphatic rings. The summed E-state index contributed by atoms with van der Waals surface area (Å²) in [7, 11) is 0. The van der Waals surface area contributed by atoms with Crippen molar-refractivity contribution in [2.24, 2.45) is 0 Å². The van der Waals surface area contributed by atoms with Crippen LogP contribution in [0.15, 0.2) is 34.4 Å². The number of anilines is 1. The van der Waals surface area contributed by atoms with Gasteiger partial charge in [-0.3, -0.25) is 4.98 Å². The van der Waals surface area contributed by atoms with Gasteiger partial charge in [0.25, 0.3) is 0 Å². The minimum atomic E-state index is -0.525. The number of aliphatic hydroxyl groups is 1. The van der Waals surface area contributed by atoms with E-state index >= 15 is 0 Å². The molecule has 0 radical (unpaired) electrons. The third-order valence-electron chi connectivity index (χ3n) is 2.28. The fourth-order valence-corrected chi connectivity index (χ4v) is 2.83. The topological polar surface area (TPSA) is 59.1 Å². The number of aliphatic hydroxyl groups excluding tert-OH is 1. The molecular formula is C11H11BrN2OS. The average molecular weight is 299 g/mol. The summed E-state index contributed by atoms with van der Waals surface area (Å²) >= 11 is 4.90. The molecule has 2 aromatic heterocycles. The summed E-state index contributed by atoms with van der Waals surface area (Å²) in [6.45, 7) is 0. The molecule has 3 nitrogen and oxygen atoms in total. The quantitative estimate of drug-likeness (QED) is 0.916. The molecule has 0 spiro atoms. The number of nitrogens with two attached hydrogens (primary N) is 1. The van der Waals surface area contributed by atoms with Gasteiger partial charge in [-0.1, -0.05) is 0 Å². The van der Waals surface area contributed by atoms with Crippen molar-refractivity contribution in [3.63, 3.8) is 0 Å². The van der Waals surface area contributed by atoms with Crippen LogP contribution in [0, 0.1) is 0 Å². The third-order valence-corrected chi connectivity index (χ3v) is 4.00. The largest absolute Gasteiger partial charge is 0.398 e. The Hall–Kier alpha value is -0.910. The van der Waals surface area contributed by atoms with E-state index in [4.69, 9.17) is 5.73 Å². The van der Waals surface area contributed by atoms with E-state index in [1.54, 1.807) is 18.5 Å². The monoisotopic (exact) mass is 298 g/mol. The molecule has 2 rings (SSSR count). The molecule has 1 unspecified atom stereocenters. The Bertz CT molecular complexity index is 486. The standard InChI is InChI=1S/C11H11BrN2OS/c12-11-2-1-10(16-11)9(15)5-7-6-14-4-3-8(7)13/h1-4,6,9,15H,5H2,(H2,13,14). The van der Waals surface area contributed by atoms with Crippen LogP contribution < -0.4 is 5.73 Å². The lowest BCUT2D eigenvalue weighted by molar-refractivity contribution is 0.182. The highest BCUT2D eigenvalue weighted by molar-refractivity contribution is 9.11. The highest BCUT2D eigenvalue weighted by atomic mass is 79.9. The van der Waals surface area contributed by atoms with Crippen LogP contribution in [0.5, 0.6) is 0 Å². The van der Waals surface area contributed by atoms with Crippen LogP contribution in [0.1, 0.15) is 16.5 Å². The molecule has 5 heteroatoms. The summed E-state index contributed by atoms with van der Waals surface area (Å²) in [5.74, 6) is 0. The van der Waals surface area contributed by atoms with Gasteiger partial charge in [-0.05, 0) is 39.7 Å². The van der Waals surface area contributed by atoms with Gasteiger partial charge in [0, 0.05) is 29.4 Å². The highest BCUT2D eigenvalue weighted by Crippen LogP contribution is 2.29. The Morgan fingerprint density at radius 1 is 1.44 bits per heavy atom. The summed E-state index contributed by atoms with van der Waals surface area (Å²) in [5.41, 5.74) is 7.34. The summed E-state index contributed by atoms with van der Waals surface area (Å²) in [6.07, 6.45) is 3.31. The molecule has 0 aliphatic carbocycles. The first-order chi connectivity index (χ1) is 7.66. The van der Waals surface area contributed by atoms with E-state index in [0.29, 0.717) is 12.1 Å². The Kier molecular flexibility index (Phi) is 3.58. The number of pyridine rings is 1. The molecule has 3 N–H and O–H groups in total. The fraction of sp³-hybridized carbons (Fsp3) is 0.182. The number of thiophene rings is 1. The van der Waals surface area contributed by atoms with Crippen LogP contribution in [0.3, 0.4) is 0 Å². The molecule has 0 amide bonds. The lowest BCUT2D eigenvalue weighted by atomic mass is 10.1. The van der Waals surface area contributed by atoms with E-state index in [1.165, 1.54) is 11.3 Å². The first-order valence-electron chi connectivity index (χ1n) is 4.78. The van der Waals surface area contributed by atoms with Crippen molar-refractivity contribution < 1.29 is 5.11 Å². The van der Waals surface area contributed by atoms with Gasteiger partial charge in [-0.15, -0.1) is 11.3 Å². The van der Waals surface area contributed by atoms with Crippen molar-refractivity contribution in [3.8, 4) is 0 Å². The molecule has 0 fully saturated rings. The maximum Gasteiger partial charge on any atom is 0.0923 e. The van der Waals surface area contributed by atoms with E-state index in [2.05, 4.69) is 20.9 Å². The van der Waals surface area contributed by atoms with E-state index in [-0.39, 0.29) is 0 Å². The maximum absolute atomic E-state index is 10.0. The fourth-order valence-electron chi connectivity index (χ4n) is 1.42. The molecular weight excluding hydrogens is 288 g/mol. The molecule has 0 aliphatic heterocycles. The number of hydrogen-bond acceptors (Lipinski definition) is 4. The predicted molar refractivity (Wildman–Crippen MR) is 69.3 cm³/mol. The minimum absolute atomic E-state index is 0.493. The molecule has 0 saturated heterocycles. The summed E-state index contributed by atoms with van der Waals surface area (Å²) in [6, 6.07) is 5.58. The first kappa shape index (κ1) is 11.6. The number of hydrogen-bond donors (Lipinski definition) is 2. The van der Waals surface area contributed by atoms with Crippen molar-refractivity contribution in [3.05, 3.63) is 44.8 Å². The minimum Gasteiger partial charge on any atom is -0.398 e. The van der Waals surface area contributed by atoms with Gasteiger partial charge in [0.2, 0.25) is 0 Å². The van der Waals surface area contributed by atoms with Crippen LogP contribution in [0.25, 0.3) is 0 Å². The maximum atomic E-state index is 10.0. The van der Waals surface area contributed by atoms with Gasteiger partial charge in [0.1, 0.15) is 0 Å². The lowest BCUT2D eigenvalue weighted by Crippen LogP contribution is -2.03. The van der Waals surface area contributed by atoms with E-state index < -0.39 is 6.10 Å². The molecule has 2 aromatic rings. The zero-order valence-corrected chi connectivity index (χ0v) is 10.8. The number of rotatable bonds is 3. The zero-order valence-electron chi connectivity index (χ0n) is 8.43.